The van der Waals surface area contributed by atoms with Crippen LogP contribution < -0.4 is 5.73 Å². The highest BCUT2D eigenvalue weighted by Crippen LogP contribution is 2.25. The quantitative estimate of drug-likeness (QED) is 0.856. The van der Waals surface area contributed by atoms with E-state index >= 15 is 0 Å². The predicted octanol–water partition coefficient (Wildman–Crippen LogP) is 1.89. The molecular weight excluding hydrogens is 214 g/mol. The zero-order valence-electron chi connectivity index (χ0n) is 10.6. The van der Waals surface area contributed by atoms with Crippen molar-refractivity contribution in [3.63, 3.8) is 0 Å². The molecule has 0 aliphatic heterocycles. The fraction of sp³-hybridized carbons (Fsp3) is 0.417. The Morgan fingerprint density at radius 1 is 1.29 bits per heavy atom. The second-order valence-corrected chi connectivity index (χ2v) is 4.43. The molecule has 0 saturated carbocycles. The summed E-state index contributed by atoms with van der Waals surface area (Å²) in [5, 5.41) is 4.11. The Labute approximate surface area is 101 Å². The Bertz CT molecular complexity index is 519. The summed E-state index contributed by atoms with van der Waals surface area (Å²) in [4.78, 5) is 8.87. The average molecular weight is 231 g/mol. The Balaban J connectivity index is 2.57. The van der Waals surface area contributed by atoms with Gasteiger partial charge < -0.3 is 5.73 Å². The lowest BCUT2D eigenvalue weighted by Gasteiger charge is -2.13. The van der Waals surface area contributed by atoms with Crippen molar-refractivity contribution in [3.05, 3.63) is 23.5 Å². The molecule has 0 aliphatic carbocycles. The van der Waals surface area contributed by atoms with E-state index in [2.05, 4.69) is 28.9 Å². The van der Waals surface area contributed by atoms with Crippen LogP contribution in [0, 0.1) is 6.92 Å². The van der Waals surface area contributed by atoms with E-state index in [1.807, 2.05) is 20.0 Å². The average Bonchev–Trinajstić information content (AvgIpc) is 2.62. The fourth-order valence-electron chi connectivity index (χ4n) is 2.03. The first-order valence-corrected chi connectivity index (χ1v) is 5.63. The van der Waals surface area contributed by atoms with E-state index in [1.54, 1.807) is 10.9 Å². The number of nitrogens with zero attached hydrogens (tertiary/aromatic N) is 4. The Morgan fingerprint density at radius 2 is 2.00 bits per heavy atom. The maximum absolute atomic E-state index is 6.00. The van der Waals surface area contributed by atoms with E-state index in [0.717, 1.165) is 17.0 Å². The number of nitrogen functional groups attached to an aromatic ring is 1. The lowest BCUT2D eigenvalue weighted by Crippen LogP contribution is -2.08. The van der Waals surface area contributed by atoms with Gasteiger partial charge in [0, 0.05) is 24.5 Å². The van der Waals surface area contributed by atoms with Crippen LogP contribution in [0.25, 0.3) is 11.5 Å². The first-order valence-electron chi connectivity index (χ1n) is 5.63. The molecule has 0 aliphatic rings. The summed E-state index contributed by atoms with van der Waals surface area (Å²) in [6, 6.07) is 1.88. The van der Waals surface area contributed by atoms with E-state index in [1.165, 1.54) is 0 Å². The minimum Gasteiger partial charge on any atom is -0.383 e. The molecule has 0 atom stereocenters. The van der Waals surface area contributed by atoms with Crippen LogP contribution >= 0.6 is 0 Å². The summed E-state index contributed by atoms with van der Waals surface area (Å²) >= 11 is 0. The van der Waals surface area contributed by atoms with Gasteiger partial charge in [-0.2, -0.15) is 5.10 Å². The van der Waals surface area contributed by atoms with Crippen molar-refractivity contribution in [2.45, 2.75) is 26.7 Å². The maximum Gasteiger partial charge on any atom is 0.180 e. The van der Waals surface area contributed by atoms with Gasteiger partial charge in [-0.15, -0.1) is 0 Å². The first kappa shape index (κ1) is 11.6. The monoisotopic (exact) mass is 231 g/mol. The Kier molecular flexibility index (Phi) is 2.83. The van der Waals surface area contributed by atoms with Crippen LogP contribution in [0.15, 0.2) is 12.3 Å². The highest BCUT2D eigenvalue weighted by Gasteiger charge is 2.14. The summed E-state index contributed by atoms with van der Waals surface area (Å²) in [5.41, 5.74) is 8.83. The summed E-state index contributed by atoms with van der Waals surface area (Å²) in [6.45, 7) is 6.14. The second kappa shape index (κ2) is 4.16. The molecule has 0 fully saturated rings. The lowest BCUT2D eigenvalue weighted by atomic mass is 10.0. The molecule has 0 saturated heterocycles. The topological polar surface area (TPSA) is 69.6 Å². The number of aryl methyl sites for hydroxylation is 2. The SMILES string of the molecule is Cc1nc(-c2ccnn2C)nc(N)c1C(C)C. The van der Waals surface area contributed by atoms with Crippen molar-refractivity contribution < 1.29 is 0 Å². The lowest BCUT2D eigenvalue weighted by molar-refractivity contribution is 0.766. The molecule has 0 unspecified atom stereocenters. The predicted molar refractivity (Wildman–Crippen MR) is 67.5 cm³/mol. The molecule has 5 heteroatoms. The number of hydrogen-bond donors (Lipinski definition) is 1. The maximum atomic E-state index is 6.00. The van der Waals surface area contributed by atoms with Crippen LogP contribution in [0.5, 0.6) is 0 Å². The number of rotatable bonds is 2. The van der Waals surface area contributed by atoms with Gasteiger partial charge in [0.05, 0.1) is 0 Å². The summed E-state index contributed by atoms with van der Waals surface area (Å²) < 4.78 is 1.74. The third kappa shape index (κ3) is 2.00. The van der Waals surface area contributed by atoms with E-state index < -0.39 is 0 Å². The van der Waals surface area contributed by atoms with Crippen molar-refractivity contribution in [1.82, 2.24) is 19.7 Å². The first-order chi connectivity index (χ1) is 8.00. The van der Waals surface area contributed by atoms with Gasteiger partial charge in [-0.1, -0.05) is 13.8 Å². The molecule has 5 nitrogen and oxygen atoms in total. The Hall–Kier alpha value is -1.91. The van der Waals surface area contributed by atoms with E-state index in [-0.39, 0.29) is 0 Å². The zero-order chi connectivity index (χ0) is 12.6. The second-order valence-electron chi connectivity index (χ2n) is 4.43. The van der Waals surface area contributed by atoms with Crippen LogP contribution in [-0.4, -0.2) is 19.7 Å². The standard InChI is InChI=1S/C12H17N5/c1-7(2)10-8(3)15-12(16-11(10)13)9-5-6-14-17(9)4/h5-7H,1-4H3,(H2,13,15,16). The molecule has 0 bridgehead atoms. The van der Waals surface area contributed by atoms with Crippen LogP contribution in [0.2, 0.25) is 0 Å². The molecule has 0 aromatic carbocycles. The molecule has 2 aromatic heterocycles. The van der Waals surface area contributed by atoms with E-state index in [4.69, 9.17) is 5.73 Å². The molecule has 2 aromatic rings. The van der Waals surface area contributed by atoms with Crippen LogP contribution in [0.4, 0.5) is 5.82 Å². The van der Waals surface area contributed by atoms with Gasteiger partial charge in [0.25, 0.3) is 0 Å². The number of nitrogens with two attached hydrogens (primary N) is 1. The smallest absolute Gasteiger partial charge is 0.180 e. The highest BCUT2D eigenvalue weighted by molar-refractivity contribution is 5.55. The molecule has 0 amide bonds. The van der Waals surface area contributed by atoms with Gasteiger partial charge in [0.1, 0.15) is 11.5 Å². The largest absolute Gasteiger partial charge is 0.383 e. The number of hydrogen-bond acceptors (Lipinski definition) is 4. The number of anilines is 1. The molecular formula is C12H17N5. The molecule has 0 radical (unpaired) electrons. The van der Waals surface area contributed by atoms with Gasteiger partial charge in [0.2, 0.25) is 0 Å². The normalized spacial score (nSPS) is 11.1. The minimum atomic E-state index is 0.329. The van der Waals surface area contributed by atoms with Gasteiger partial charge in [0.15, 0.2) is 5.82 Å². The van der Waals surface area contributed by atoms with Crippen molar-refractivity contribution in [2.24, 2.45) is 7.05 Å². The summed E-state index contributed by atoms with van der Waals surface area (Å²) in [7, 11) is 1.86. The van der Waals surface area contributed by atoms with Gasteiger partial charge in [-0.3, -0.25) is 4.68 Å². The Morgan fingerprint density at radius 3 is 2.47 bits per heavy atom. The van der Waals surface area contributed by atoms with Crippen LogP contribution in [0.1, 0.15) is 31.0 Å². The summed E-state index contributed by atoms with van der Waals surface area (Å²) in [6.07, 6.45) is 1.72. The van der Waals surface area contributed by atoms with E-state index in [0.29, 0.717) is 17.6 Å². The van der Waals surface area contributed by atoms with Crippen LogP contribution in [-0.2, 0) is 7.05 Å². The molecule has 2 heterocycles. The number of aromatic nitrogens is 4. The van der Waals surface area contributed by atoms with E-state index in [9.17, 15) is 0 Å². The molecule has 2 rings (SSSR count). The van der Waals surface area contributed by atoms with Gasteiger partial charge in [-0.25, -0.2) is 9.97 Å². The third-order valence-corrected chi connectivity index (χ3v) is 2.79. The fourth-order valence-corrected chi connectivity index (χ4v) is 2.03. The highest BCUT2D eigenvalue weighted by atomic mass is 15.3. The molecule has 90 valence electrons. The van der Waals surface area contributed by atoms with Gasteiger partial charge in [-0.05, 0) is 18.9 Å². The summed E-state index contributed by atoms with van der Waals surface area (Å²) in [5.74, 6) is 1.52. The van der Waals surface area contributed by atoms with Crippen molar-refractivity contribution in [1.29, 1.82) is 0 Å². The zero-order valence-corrected chi connectivity index (χ0v) is 10.6. The van der Waals surface area contributed by atoms with Crippen molar-refractivity contribution >= 4 is 5.82 Å². The third-order valence-electron chi connectivity index (χ3n) is 2.79. The minimum absolute atomic E-state index is 0.329. The van der Waals surface area contributed by atoms with Crippen molar-refractivity contribution in [2.75, 3.05) is 5.73 Å². The van der Waals surface area contributed by atoms with Crippen molar-refractivity contribution in [3.8, 4) is 11.5 Å². The van der Waals surface area contributed by atoms with Crippen LogP contribution in [0.3, 0.4) is 0 Å². The molecule has 0 spiro atoms. The molecule has 17 heavy (non-hydrogen) atoms. The molecule has 2 N–H and O–H groups in total. The van der Waals surface area contributed by atoms with Gasteiger partial charge >= 0.3 is 0 Å².